The summed E-state index contributed by atoms with van der Waals surface area (Å²) in [6, 6.07) is 14.4. The first kappa shape index (κ1) is 20.0. The van der Waals surface area contributed by atoms with Crippen LogP contribution in [0.15, 0.2) is 54.6 Å². The maximum Gasteiger partial charge on any atom is 0.416 e. The third-order valence-electron chi connectivity index (χ3n) is 3.78. The number of amides is 2. The summed E-state index contributed by atoms with van der Waals surface area (Å²) >= 11 is 0. The lowest BCUT2D eigenvalue weighted by Crippen LogP contribution is -2.37. The maximum atomic E-state index is 12.8. The number of rotatable bonds is 6. The number of benzene rings is 2. The Morgan fingerprint density at radius 2 is 1.74 bits per heavy atom. The van der Waals surface area contributed by atoms with Crippen LogP contribution >= 0.6 is 0 Å². The first-order chi connectivity index (χ1) is 12.8. The summed E-state index contributed by atoms with van der Waals surface area (Å²) in [5.74, 6) is -1.98. The minimum atomic E-state index is -4.56. The van der Waals surface area contributed by atoms with Crippen LogP contribution in [0.2, 0.25) is 0 Å². The fourth-order valence-electron chi connectivity index (χ4n) is 2.43. The van der Waals surface area contributed by atoms with Gasteiger partial charge in [-0.2, -0.15) is 18.4 Å². The minimum Gasteiger partial charge on any atom is -0.351 e. The number of hydrogen-bond donors (Lipinski definition) is 2. The third kappa shape index (κ3) is 5.57. The van der Waals surface area contributed by atoms with Crippen molar-refractivity contribution in [2.24, 2.45) is 0 Å². The van der Waals surface area contributed by atoms with E-state index < -0.39 is 29.5 Å². The molecule has 2 amide bonds. The first-order valence-electron chi connectivity index (χ1n) is 7.98. The molecule has 140 valence electrons. The van der Waals surface area contributed by atoms with Crippen LogP contribution in [0.4, 0.5) is 13.2 Å². The van der Waals surface area contributed by atoms with Crippen molar-refractivity contribution >= 4 is 11.8 Å². The van der Waals surface area contributed by atoms with Gasteiger partial charge in [0.05, 0.1) is 17.6 Å². The highest BCUT2D eigenvalue weighted by molar-refractivity contribution is 5.95. The summed E-state index contributed by atoms with van der Waals surface area (Å²) in [4.78, 5) is 24.5. The predicted octanol–water partition coefficient (Wildman–Crippen LogP) is 2.86. The molecule has 0 saturated carbocycles. The quantitative estimate of drug-likeness (QED) is 0.762. The molecular weight excluding hydrogens is 359 g/mol. The van der Waals surface area contributed by atoms with Gasteiger partial charge in [-0.15, -0.1) is 0 Å². The SMILES string of the molecule is N#CCNC(=O)C(CNC(=O)c1cccc(C(F)(F)F)c1)c1ccccc1. The predicted molar refractivity (Wildman–Crippen MR) is 91.6 cm³/mol. The van der Waals surface area contributed by atoms with Gasteiger partial charge in [0.15, 0.2) is 0 Å². The number of nitriles is 1. The number of nitrogens with one attached hydrogen (secondary N) is 2. The topological polar surface area (TPSA) is 82.0 Å². The van der Waals surface area contributed by atoms with Gasteiger partial charge in [-0.05, 0) is 23.8 Å². The van der Waals surface area contributed by atoms with E-state index in [-0.39, 0.29) is 18.7 Å². The lowest BCUT2D eigenvalue weighted by Gasteiger charge is -2.17. The molecule has 0 aliphatic heterocycles. The number of carbonyl (C=O) groups is 2. The molecule has 27 heavy (non-hydrogen) atoms. The van der Waals surface area contributed by atoms with Gasteiger partial charge in [0.1, 0.15) is 6.54 Å². The molecule has 1 atom stereocenters. The van der Waals surface area contributed by atoms with Gasteiger partial charge >= 0.3 is 6.18 Å². The summed E-state index contributed by atoms with van der Waals surface area (Å²) in [5.41, 5.74) is -0.479. The van der Waals surface area contributed by atoms with E-state index in [0.717, 1.165) is 18.2 Å². The summed E-state index contributed by atoms with van der Waals surface area (Å²) in [5, 5.41) is 13.5. The summed E-state index contributed by atoms with van der Waals surface area (Å²) in [6.07, 6.45) is -4.56. The molecule has 1 unspecified atom stereocenters. The van der Waals surface area contributed by atoms with Crippen LogP contribution in [0.5, 0.6) is 0 Å². The van der Waals surface area contributed by atoms with Gasteiger partial charge in [0, 0.05) is 12.1 Å². The minimum absolute atomic E-state index is 0.129. The number of hydrogen-bond acceptors (Lipinski definition) is 3. The van der Waals surface area contributed by atoms with Crippen molar-refractivity contribution in [2.45, 2.75) is 12.1 Å². The van der Waals surface area contributed by atoms with Gasteiger partial charge in [0.25, 0.3) is 5.91 Å². The van der Waals surface area contributed by atoms with Crippen molar-refractivity contribution in [3.05, 3.63) is 71.3 Å². The smallest absolute Gasteiger partial charge is 0.351 e. The van der Waals surface area contributed by atoms with Crippen molar-refractivity contribution in [3.8, 4) is 6.07 Å². The Kier molecular flexibility index (Phi) is 6.55. The Bertz CT molecular complexity index is 845. The number of nitrogens with zero attached hydrogens (tertiary/aromatic N) is 1. The van der Waals surface area contributed by atoms with Crippen molar-refractivity contribution in [2.75, 3.05) is 13.1 Å². The largest absolute Gasteiger partial charge is 0.416 e. The van der Waals surface area contributed by atoms with Crippen LogP contribution in [0.1, 0.15) is 27.4 Å². The molecule has 0 aliphatic carbocycles. The highest BCUT2D eigenvalue weighted by atomic mass is 19.4. The number of halogens is 3. The summed E-state index contributed by atoms with van der Waals surface area (Å²) < 4.78 is 38.3. The van der Waals surface area contributed by atoms with Gasteiger partial charge in [-0.25, -0.2) is 0 Å². The van der Waals surface area contributed by atoms with Crippen LogP contribution in [-0.4, -0.2) is 24.9 Å². The van der Waals surface area contributed by atoms with Gasteiger partial charge in [-0.1, -0.05) is 36.4 Å². The standard InChI is InChI=1S/C19H16F3N3O2/c20-19(21,22)15-8-4-7-14(11-15)17(26)25-12-16(18(27)24-10-9-23)13-5-2-1-3-6-13/h1-8,11,16H,10,12H2,(H,24,27)(H,25,26). The number of carbonyl (C=O) groups excluding carboxylic acids is 2. The molecule has 2 rings (SSSR count). The monoisotopic (exact) mass is 375 g/mol. The lowest BCUT2D eigenvalue weighted by atomic mass is 9.98. The molecule has 2 aromatic carbocycles. The zero-order valence-corrected chi connectivity index (χ0v) is 14.1. The Hall–Kier alpha value is -3.34. The average molecular weight is 375 g/mol. The van der Waals surface area contributed by atoms with E-state index >= 15 is 0 Å². The van der Waals surface area contributed by atoms with Crippen LogP contribution in [0.25, 0.3) is 0 Å². The highest BCUT2D eigenvalue weighted by Crippen LogP contribution is 2.29. The molecule has 0 spiro atoms. The van der Waals surface area contributed by atoms with Gasteiger partial charge < -0.3 is 10.6 Å². The fraction of sp³-hybridized carbons (Fsp3) is 0.211. The number of alkyl halides is 3. The van der Waals surface area contributed by atoms with E-state index in [4.69, 9.17) is 5.26 Å². The van der Waals surface area contributed by atoms with E-state index in [1.807, 2.05) is 0 Å². The van der Waals surface area contributed by atoms with E-state index in [9.17, 15) is 22.8 Å². The molecule has 0 radical (unpaired) electrons. The zero-order chi connectivity index (χ0) is 19.9. The summed E-state index contributed by atoms with van der Waals surface area (Å²) in [6.45, 7) is -0.319. The Labute approximate surface area is 153 Å². The van der Waals surface area contributed by atoms with E-state index in [2.05, 4.69) is 10.6 Å². The molecule has 2 aromatic rings. The molecule has 5 nitrogen and oxygen atoms in total. The van der Waals surface area contributed by atoms with E-state index in [0.29, 0.717) is 5.56 Å². The van der Waals surface area contributed by atoms with Crippen LogP contribution in [0, 0.1) is 11.3 Å². The normalized spacial score (nSPS) is 11.9. The lowest BCUT2D eigenvalue weighted by molar-refractivity contribution is -0.137. The second-order valence-corrected chi connectivity index (χ2v) is 5.63. The van der Waals surface area contributed by atoms with Crippen LogP contribution in [0.3, 0.4) is 0 Å². The maximum absolute atomic E-state index is 12.8. The second-order valence-electron chi connectivity index (χ2n) is 5.63. The molecule has 2 N–H and O–H groups in total. The van der Waals surface area contributed by atoms with E-state index in [1.165, 1.54) is 6.07 Å². The molecule has 0 heterocycles. The highest BCUT2D eigenvalue weighted by Gasteiger charge is 2.31. The zero-order valence-electron chi connectivity index (χ0n) is 14.1. The van der Waals surface area contributed by atoms with Crippen molar-refractivity contribution < 1.29 is 22.8 Å². The molecule has 0 aliphatic rings. The van der Waals surface area contributed by atoms with Gasteiger partial charge in [0.2, 0.25) is 5.91 Å². The molecule has 0 saturated heterocycles. The van der Waals surface area contributed by atoms with Gasteiger partial charge in [-0.3, -0.25) is 9.59 Å². The molecular formula is C19H16F3N3O2. The third-order valence-corrected chi connectivity index (χ3v) is 3.78. The molecule has 8 heteroatoms. The van der Waals surface area contributed by atoms with Crippen LogP contribution in [-0.2, 0) is 11.0 Å². The molecule has 0 fully saturated rings. The molecule has 0 bridgehead atoms. The average Bonchev–Trinajstić information content (AvgIpc) is 2.66. The Morgan fingerprint density at radius 3 is 2.37 bits per heavy atom. The summed E-state index contributed by atoms with van der Waals surface area (Å²) in [7, 11) is 0. The fourth-order valence-corrected chi connectivity index (χ4v) is 2.43. The second kappa shape index (κ2) is 8.85. The molecule has 0 aromatic heterocycles. The van der Waals surface area contributed by atoms with Crippen LogP contribution < -0.4 is 10.6 Å². The Morgan fingerprint density at radius 1 is 1.04 bits per heavy atom. The van der Waals surface area contributed by atoms with Crippen molar-refractivity contribution in [1.82, 2.24) is 10.6 Å². The van der Waals surface area contributed by atoms with Crippen molar-refractivity contribution in [1.29, 1.82) is 5.26 Å². The van der Waals surface area contributed by atoms with E-state index in [1.54, 1.807) is 36.4 Å². The first-order valence-corrected chi connectivity index (χ1v) is 7.98. The Balaban J connectivity index is 2.13. The van der Waals surface area contributed by atoms with Crippen molar-refractivity contribution in [3.63, 3.8) is 0 Å².